The van der Waals surface area contributed by atoms with Gasteiger partial charge in [-0.2, -0.15) is 0 Å². The quantitative estimate of drug-likeness (QED) is 0.752. The highest BCUT2D eigenvalue weighted by Crippen LogP contribution is 2.11. The molecule has 0 heterocycles. The predicted molar refractivity (Wildman–Crippen MR) is 74.0 cm³/mol. The Labute approximate surface area is 108 Å². The number of nitrogens with one attached hydrogen (secondary N) is 1. The van der Waals surface area contributed by atoms with E-state index in [-0.39, 0.29) is 12.3 Å². The zero-order valence-corrected chi connectivity index (χ0v) is 10.8. The largest absolute Gasteiger partial charge is 0.378 e. The van der Waals surface area contributed by atoms with Crippen LogP contribution in [0.25, 0.3) is 0 Å². The lowest BCUT2D eigenvalue weighted by atomic mass is 10.2. The van der Waals surface area contributed by atoms with Gasteiger partial charge in [-0.15, -0.1) is 12.3 Å². The van der Waals surface area contributed by atoms with Gasteiger partial charge in [-0.05, 0) is 17.7 Å². The molecule has 0 saturated carbocycles. The molecule has 4 nitrogen and oxygen atoms in total. The second-order valence-electron chi connectivity index (χ2n) is 4.29. The van der Waals surface area contributed by atoms with E-state index in [0.29, 0.717) is 6.54 Å². The van der Waals surface area contributed by atoms with E-state index >= 15 is 0 Å². The van der Waals surface area contributed by atoms with Gasteiger partial charge in [-0.3, -0.25) is 4.79 Å². The van der Waals surface area contributed by atoms with Gasteiger partial charge in [0.05, 0.1) is 6.04 Å². The Morgan fingerprint density at radius 3 is 2.56 bits per heavy atom. The molecule has 1 amide bonds. The van der Waals surface area contributed by atoms with Gasteiger partial charge < -0.3 is 16.0 Å². The van der Waals surface area contributed by atoms with E-state index in [1.54, 1.807) is 0 Å². The Hall–Kier alpha value is -1.99. The minimum absolute atomic E-state index is 0.218. The van der Waals surface area contributed by atoms with Crippen LogP contribution < -0.4 is 16.0 Å². The van der Waals surface area contributed by atoms with Gasteiger partial charge in [0.2, 0.25) is 5.91 Å². The van der Waals surface area contributed by atoms with Gasteiger partial charge in [0.25, 0.3) is 0 Å². The molecule has 96 valence electrons. The molecule has 0 aliphatic rings. The molecule has 3 N–H and O–H groups in total. The average molecular weight is 245 g/mol. The Morgan fingerprint density at radius 1 is 1.44 bits per heavy atom. The molecule has 1 atom stereocenters. The fourth-order valence-electron chi connectivity index (χ4n) is 1.45. The maximum absolute atomic E-state index is 11.5. The summed E-state index contributed by atoms with van der Waals surface area (Å²) in [5.74, 6) is 2.16. The molecule has 0 aliphatic carbocycles. The summed E-state index contributed by atoms with van der Waals surface area (Å²) in [7, 11) is 3.96. The number of rotatable bonds is 5. The number of benzene rings is 1. The zero-order chi connectivity index (χ0) is 13.5. The molecule has 0 saturated heterocycles. The molecule has 0 aliphatic heterocycles. The maximum Gasteiger partial charge on any atom is 0.238 e. The Kier molecular flexibility index (Phi) is 5.22. The molecular weight excluding hydrogens is 226 g/mol. The number of nitrogens with two attached hydrogens (primary N) is 1. The molecule has 1 aromatic carbocycles. The van der Waals surface area contributed by atoms with Crippen LogP contribution in [0.15, 0.2) is 24.3 Å². The van der Waals surface area contributed by atoms with Crippen LogP contribution in [0.1, 0.15) is 12.0 Å². The van der Waals surface area contributed by atoms with Crippen molar-refractivity contribution in [3.63, 3.8) is 0 Å². The van der Waals surface area contributed by atoms with Crippen molar-refractivity contribution in [1.82, 2.24) is 5.32 Å². The number of terminal acetylenes is 1. The SMILES string of the molecule is C#CCC(N)C(=O)NCc1ccc(N(C)C)cc1. The number of hydrogen-bond donors (Lipinski definition) is 2. The van der Waals surface area contributed by atoms with Crippen molar-refractivity contribution in [2.45, 2.75) is 19.0 Å². The van der Waals surface area contributed by atoms with Gasteiger partial charge in [-0.1, -0.05) is 12.1 Å². The lowest BCUT2D eigenvalue weighted by Gasteiger charge is -2.13. The van der Waals surface area contributed by atoms with E-state index in [0.717, 1.165) is 11.3 Å². The first kappa shape index (κ1) is 14.1. The minimum Gasteiger partial charge on any atom is -0.378 e. The highest BCUT2D eigenvalue weighted by molar-refractivity contribution is 5.81. The molecule has 0 radical (unpaired) electrons. The van der Waals surface area contributed by atoms with Crippen molar-refractivity contribution in [2.75, 3.05) is 19.0 Å². The lowest BCUT2D eigenvalue weighted by molar-refractivity contribution is -0.122. The van der Waals surface area contributed by atoms with Gasteiger partial charge >= 0.3 is 0 Å². The van der Waals surface area contributed by atoms with Crippen LogP contribution in [-0.4, -0.2) is 26.0 Å². The van der Waals surface area contributed by atoms with Crippen molar-refractivity contribution in [2.24, 2.45) is 5.73 Å². The summed E-state index contributed by atoms with van der Waals surface area (Å²) in [5.41, 5.74) is 7.74. The van der Waals surface area contributed by atoms with Crippen LogP contribution in [0.5, 0.6) is 0 Å². The number of carbonyl (C=O) groups is 1. The smallest absolute Gasteiger partial charge is 0.238 e. The molecular formula is C14H19N3O. The van der Waals surface area contributed by atoms with Crippen LogP contribution in [-0.2, 0) is 11.3 Å². The van der Waals surface area contributed by atoms with Crippen molar-refractivity contribution in [3.8, 4) is 12.3 Å². The van der Waals surface area contributed by atoms with E-state index in [1.165, 1.54) is 0 Å². The maximum atomic E-state index is 11.5. The highest BCUT2D eigenvalue weighted by atomic mass is 16.2. The van der Waals surface area contributed by atoms with Crippen LogP contribution in [0.3, 0.4) is 0 Å². The summed E-state index contributed by atoms with van der Waals surface area (Å²) in [4.78, 5) is 13.6. The predicted octanol–water partition coefficient (Wildman–Crippen LogP) is 0.719. The average Bonchev–Trinajstić information content (AvgIpc) is 2.36. The number of amides is 1. The molecule has 1 unspecified atom stereocenters. The molecule has 18 heavy (non-hydrogen) atoms. The van der Waals surface area contributed by atoms with E-state index in [9.17, 15) is 4.79 Å². The van der Waals surface area contributed by atoms with Gasteiger partial charge in [0.15, 0.2) is 0 Å². The molecule has 1 rings (SSSR count). The third-order valence-corrected chi connectivity index (χ3v) is 2.59. The first-order chi connectivity index (χ1) is 8.54. The third kappa shape index (κ3) is 4.11. The van der Waals surface area contributed by atoms with Crippen molar-refractivity contribution in [3.05, 3.63) is 29.8 Å². The second-order valence-corrected chi connectivity index (χ2v) is 4.29. The van der Waals surface area contributed by atoms with Crippen LogP contribution in [0.4, 0.5) is 5.69 Å². The summed E-state index contributed by atoms with van der Waals surface area (Å²) in [5, 5.41) is 2.76. The van der Waals surface area contributed by atoms with E-state index < -0.39 is 6.04 Å². The van der Waals surface area contributed by atoms with E-state index in [1.807, 2.05) is 43.3 Å². The van der Waals surface area contributed by atoms with Gasteiger partial charge in [0, 0.05) is 32.7 Å². The van der Waals surface area contributed by atoms with Gasteiger partial charge in [-0.25, -0.2) is 0 Å². The first-order valence-corrected chi connectivity index (χ1v) is 5.77. The summed E-state index contributed by atoms with van der Waals surface area (Å²) in [6.07, 6.45) is 5.36. The fraction of sp³-hybridized carbons (Fsp3) is 0.357. The normalized spacial score (nSPS) is 11.4. The first-order valence-electron chi connectivity index (χ1n) is 5.77. The summed E-state index contributed by atoms with van der Waals surface area (Å²) in [6.45, 7) is 0.463. The van der Waals surface area contributed by atoms with E-state index in [2.05, 4.69) is 11.2 Å². The Morgan fingerprint density at radius 2 is 2.06 bits per heavy atom. The molecule has 0 fully saturated rings. The third-order valence-electron chi connectivity index (χ3n) is 2.59. The van der Waals surface area contributed by atoms with Crippen molar-refractivity contribution in [1.29, 1.82) is 0 Å². The zero-order valence-electron chi connectivity index (χ0n) is 10.8. The van der Waals surface area contributed by atoms with Gasteiger partial charge in [0.1, 0.15) is 0 Å². The number of hydrogen-bond acceptors (Lipinski definition) is 3. The molecule has 0 bridgehead atoms. The van der Waals surface area contributed by atoms with Crippen LogP contribution in [0.2, 0.25) is 0 Å². The standard InChI is InChI=1S/C14H19N3O/c1-4-5-13(15)14(18)16-10-11-6-8-12(9-7-11)17(2)3/h1,6-9,13H,5,10,15H2,2-3H3,(H,16,18). The summed E-state index contributed by atoms with van der Waals surface area (Å²) >= 11 is 0. The Bertz CT molecular complexity index is 431. The van der Waals surface area contributed by atoms with E-state index in [4.69, 9.17) is 12.2 Å². The molecule has 0 aromatic heterocycles. The topological polar surface area (TPSA) is 58.4 Å². The summed E-state index contributed by atoms with van der Waals surface area (Å²) in [6, 6.07) is 7.33. The van der Waals surface area contributed by atoms with Crippen LogP contribution >= 0.6 is 0 Å². The van der Waals surface area contributed by atoms with Crippen molar-refractivity contribution >= 4 is 11.6 Å². The van der Waals surface area contributed by atoms with Crippen LogP contribution in [0, 0.1) is 12.3 Å². The molecule has 4 heteroatoms. The minimum atomic E-state index is -0.629. The van der Waals surface area contributed by atoms with Crippen molar-refractivity contribution < 1.29 is 4.79 Å². The Balaban J connectivity index is 2.49. The molecule has 0 spiro atoms. The summed E-state index contributed by atoms with van der Waals surface area (Å²) < 4.78 is 0. The lowest BCUT2D eigenvalue weighted by Crippen LogP contribution is -2.39. The number of carbonyl (C=O) groups excluding carboxylic acids is 1. The molecule has 1 aromatic rings. The monoisotopic (exact) mass is 245 g/mol. The highest BCUT2D eigenvalue weighted by Gasteiger charge is 2.10. The number of nitrogens with zero attached hydrogens (tertiary/aromatic N) is 1. The second kappa shape index (κ2) is 6.67. The number of anilines is 1. The fourth-order valence-corrected chi connectivity index (χ4v) is 1.45.